The van der Waals surface area contributed by atoms with Crippen LogP contribution in [0.4, 0.5) is 4.79 Å². The van der Waals surface area contributed by atoms with Crippen molar-refractivity contribution in [3.63, 3.8) is 0 Å². The van der Waals surface area contributed by atoms with Gasteiger partial charge in [0.25, 0.3) is 0 Å². The van der Waals surface area contributed by atoms with E-state index in [1.165, 1.54) is 30.6 Å². The number of hydrogen-bond acceptors (Lipinski definition) is 5. The van der Waals surface area contributed by atoms with Crippen LogP contribution in [0.25, 0.3) is 0 Å². The van der Waals surface area contributed by atoms with E-state index < -0.39 is 6.16 Å². The predicted octanol–water partition coefficient (Wildman–Crippen LogP) is 5.46. The Hall–Kier alpha value is -0.820. The maximum atomic E-state index is 10.6. The van der Waals surface area contributed by atoms with Crippen LogP contribution < -0.4 is 4.74 Å². The second kappa shape index (κ2) is 12.7. The number of rotatable bonds is 13. The first kappa shape index (κ1) is 23.5. The van der Waals surface area contributed by atoms with Gasteiger partial charge in [-0.05, 0) is 62.5 Å². The molecule has 0 aliphatic heterocycles. The van der Waals surface area contributed by atoms with Crippen LogP contribution >= 0.6 is 22.9 Å². The van der Waals surface area contributed by atoms with Crippen molar-refractivity contribution < 1.29 is 24.9 Å². The van der Waals surface area contributed by atoms with Crippen LogP contribution in [-0.4, -0.2) is 39.6 Å². The quantitative estimate of drug-likeness (QED) is 0.219. The fraction of sp³-hybridized carbons (Fsp3) is 0.762. The van der Waals surface area contributed by atoms with Crippen molar-refractivity contribution in [2.24, 2.45) is 11.8 Å². The van der Waals surface area contributed by atoms with Crippen LogP contribution in [0.5, 0.6) is 5.06 Å². The van der Waals surface area contributed by atoms with E-state index in [0.29, 0.717) is 17.4 Å². The van der Waals surface area contributed by atoms with E-state index in [1.54, 1.807) is 6.07 Å². The summed E-state index contributed by atoms with van der Waals surface area (Å²) in [6.45, 7) is 0.284. The van der Waals surface area contributed by atoms with Crippen LogP contribution in [0.2, 0.25) is 0 Å². The molecule has 0 aromatic carbocycles. The Morgan fingerprint density at radius 1 is 1.07 bits per heavy atom. The number of halogens is 1. The molecule has 1 aliphatic carbocycles. The number of carbonyl (C=O) groups is 1. The Labute approximate surface area is 176 Å². The molecule has 1 aliphatic rings. The number of unbranched alkanes of at least 4 members (excludes halogenated alkanes) is 5. The zero-order chi connectivity index (χ0) is 20.4. The maximum absolute atomic E-state index is 10.6. The first-order chi connectivity index (χ1) is 13.5. The number of alkyl halides is 1. The summed E-state index contributed by atoms with van der Waals surface area (Å²) >= 11 is 7.91. The summed E-state index contributed by atoms with van der Waals surface area (Å²) in [5, 5.41) is 28.3. The second-order valence-corrected chi connectivity index (χ2v) is 9.45. The molecule has 1 aromatic rings. The molecule has 0 saturated heterocycles. The van der Waals surface area contributed by atoms with Crippen molar-refractivity contribution in [1.82, 2.24) is 0 Å². The molecule has 28 heavy (non-hydrogen) atoms. The number of aliphatic hydroxyl groups is 2. The maximum Gasteiger partial charge on any atom is 0.512 e. The average molecular weight is 433 g/mol. The lowest BCUT2D eigenvalue weighted by Crippen LogP contribution is -2.21. The first-order valence-corrected chi connectivity index (χ1v) is 11.7. The van der Waals surface area contributed by atoms with Gasteiger partial charge in [0.2, 0.25) is 0 Å². The molecule has 0 unspecified atom stereocenters. The lowest BCUT2D eigenvalue weighted by atomic mass is 9.85. The van der Waals surface area contributed by atoms with Gasteiger partial charge in [0.1, 0.15) is 0 Å². The summed E-state index contributed by atoms with van der Waals surface area (Å²) in [7, 11) is 0. The molecule has 160 valence electrons. The molecule has 1 saturated carbocycles. The minimum atomic E-state index is -1.28. The van der Waals surface area contributed by atoms with Crippen LogP contribution in [0.3, 0.4) is 0 Å². The van der Waals surface area contributed by atoms with E-state index in [4.69, 9.17) is 21.8 Å². The Balaban J connectivity index is 1.70. The standard InChI is InChI=1S/C21H33ClO5S/c22-18-14-19(24)17(9-5-3-1-2-4-6-13-23)16(18)10-7-8-15-11-12-20(28-15)27-21(25)26/h11-12,16-19,23-24H,1-10,13-14H2,(H,25,26)/t16-,17-,18-,19-/m1/s1. The van der Waals surface area contributed by atoms with Gasteiger partial charge in [-0.3, -0.25) is 0 Å². The van der Waals surface area contributed by atoms with Crippen LogP contribution in [0.15, 0.2) is 12.1 Å². The van der Waals surface area contributed by atoms with Crippen molar-refractivity contribution in [3.8, 4) is 5.06 Å². The Kier molecular flexibility index (Phi) is 10.6. The highest BCUT2D eigenvalue weighted by atomic mass is 35.5. The molecule has 1 heterocycles. The van der Waals surface area contributed by atoms with Crippen molar-refractivity contribution in [1.29, 1.82) is 0 Å². The second-order valence-electron chi connectivity index (χ2n) is 7.76. The minimum Gasteiger partial charge on any atom is -0.449 e. The molecular formula is C21H33ClO5S. The zero-order valence-electron chi connectivity index (χ0n) is 16.4. The summed E-state index contributed by atoms with van der Waals surface area (Å²) in [6, 6.07) is 3.61. The third-order valence-electron chi connectivity index (χ3n) is 5.71. The summed E-state index contributed by atoms with van der Waals surface area (Å²) in [6.07, 6.45) is 9.63. The molecule has 1 fully saturated rings. The zero-order valence-corrected chi connectivity index (χ0v) is 18.0. The van der Waals surface area contributed by atoms with Crippen molar-refractivity contribution in [3.05, 3.63) is 17.0 Å². The largest absolute Gasteiger partial charge is 0.512 e. The number of ether oxygens (including phenoxy) is 1. The van der Waals surface area contributed by atoms with Gasteiger partial charge in [-0.15, -0.1) is 22.9 Å². The van der Waals surface area contributed by atoms with Gasteiger partial charge in [-0.25, -0.2) is 4.79 Å². The highest BCUT2D eigenvalue weighted by molar-refractivity contribution is 7.13. The number of carboxylic acid groups (broad SMARTS) is 1. The predicted molar refractivity (Wildman–Crippen MR) is 113 cm³/mol. The lowest BCUT2D eigenvalue weighted by Gasteiger charge is -2.23. The van der Waals surface area contributed by atoms with E-state index in [0.717, 1.165) is 49.8 Å². The van der Waals surface area contributed by atoms with Gasteiger partial charge in [0, 0.05) is 16.9 Å². The van der Waals surface area contributed by atoms with E-state index in [2.05, 4.69) is 4.74 Å². The summed E-state index contributed by atoms with van der Waals surface area (Å²) in [4.78, 5) is 11.7. The highest BCUT2D eigenvalue weighted by Gasteiger charge is 2.40. The van der Waals surface area contributed by atoms with Crippen LogP contribution in [0, 0.1) is 11.8 Å². The summed E-state index contributed by atoms with van der Waals surface area (Å²) in [5.41, 5.74) is 0. The highest BCUT2D eigenvalue weighted by Crippen LogP contribution is 2.42. The average Bonchev–Trinajstić information content (AvgIpc) is 3.18. The van der Waals surface area contributed by atoms with Crippen molar-refractivity contribution in [2.75, 3.05) is 6.61 Å². The molecule has 0 bridgehead atoms. The number of thiophene rings is 1. The molecule has 0 amide bonds. The van der Waals surface area contributed by atoms with E-state index in [-0.39, 0.29) is 24.0 Å². The molecule has 4 atom stereocenters. The Morgan fingerprint density at radius 3 is 2.46 bits per heavy atom. The SMILES string of the molecule is O=C(O)Oc1ccc(CCC[C@@H]2[C@@H](CCCCCCCCO)[C@H](O)C[C@H]2Cl)s1. The molecule has 0 spiro atoms. The number of aryl methyl sites for hydroxylation is 1. The van der Waals surface area contributed by atoms with E-state index >= 15 is 0 Å². The molecule has 0 radical (unpaired) electrons. The van der Waals surface area contributed by atoms with Crippen molar-refractivity contribution in [2.45, 2.75) is 82.1 Å². The lowest BCUT2D eigenvalue weighted by molar-refractivity contribution is 0.107. The van der Waals surface area contributed by atoms with Gasteiger partial charge in [-0.2, -0.15) is 0 Å². The summed E-state index contributed by atoms with van der Waals surface area (Å²) in [5.74, 6) is 0.634. The minimum absolute atomic E-state index is 0.0406. The smallest absolute Gasteiger partial charge is 0.449 e. The number of aliphatic hydroxyl groups excluding tert-OH is 2. The molecular weight excluding hydrogens is 400 g/mol. The fourth-order valence-corrected chi connectivity index (χ4v) is 5.67. The third-order valence-corrected chi connectivity index (χ3v) is 7.23. The van der Waals surface area contributed by atoms with E-state index in [9.17, 15) is 9.90 Å². The molecule has 2 rings (SSSR count). The molecule has 5 nitrogen and oxygen atoms in total. The van der Waals surface area contributed by atoms with Crippen LogP contribution in [-0.2, 0) is 6.42 Å². The van der Waals surface area contributed by atoms with Crippen molar-refractivity contribution >= 4 is 29.1 Å². The van der Waals surface area contributed by atoms with Crippen LogP contribution in [0.1, 0.15) is 69.1 Å². The van der Waals surface area contributed by atoms with Gasteiger partial charge >= 0.3 is 6.16 Å². The normalized spacial score (nSPS) is 24.5. The Bertz CT molecular complexity index is 579. The molecule has 1 aromatic heterocycles. The number of hydrogen-bond donors (Lipinski definition) is 3. The summed E-state index contributed by atoms with van der Waals surface area (Å²) < 4.78 is 4.68. The van der Waals surface area contributed by atoms with Gasteiger partial charge in [0.15, 0.2) is 5.06 Å². The third kappa shape index (κ3) is 7.90. The molecule has 3 N–H and O–H groups in total. The van der Waals surface area contributed by atoms with Gasteiger partial charge in [0.05, 0.1) is 6.10 Å². The first-order valence-electron chi connectivity index (χ1n) is 10.4. The monoisotopic (exact) mass is 432 g/mol. The molecule has 7 heteroatoms. The Morgan fingerprint density at radius 2 is 1.75 bits per heavy atom. The van der Waals surface area contributed by atoms with Gasteiger partial charge in [-0.1, -0.05) is 32.1 Å². The topological polar surface area (TPSA) is 87.0 Å². The van der Waals surface area contributed by atoms with E-state index in [1.807, 2.05) is 6.07 Å². The fourth-order valence-electron chi connectivity index (χ4n) is 4.28. The van der Waals surface area contributed by atoms with Gasteiger partial charge < -0.3 is 20.1 Å².